The van der Waals surface area contributed by atoms with Crippen molar-refractivity contribution in [2.24, 2.45) is 0 Å². The van der Waals surface area contributed by atoms with E-state index in [1.807, 2.05) is 30.6 Å². The Morgan fingerprint density at radius 2 is 2.11 bits per heavy atom. The third kappa shape index (κ3) is 3.07. The number of aromatic nitrogens is 2. The van der Waals surface area contributed by atoms with E-state index in [0.717, 1.165) is 29.1 Å². The van der Waals surface area contributed by atoms with Gasteiger partial charge < -0.3 is 4.90 Å². The van der Waals surface area contributed by atoms with Crippen molar-refractivity contribution in [1.29, 1.82) is 0 Å². The van der Waals surface area contributed by atoms with Crippen LogP contribution < -0.4 is 4.90 Å². The molecule has 0 aromatic carbocycles. The van der Waals surface area contributed by atoms with E-state index in [4.69, 9.17) is 0 Å². The Morgan fingerprint density at radius 3 is 2.72 bits per heavy atom. The Bertz CT molecular complexity index is 514. The number of hydrogen-bond acceptors (Lipinski definition) is 3. The molecule has 18 heavy (non-hydrogen) atoms. The van der Waals surface area contributed by atoms with Gasteiger partial charge in [0.2, 0.25) is 0 Å². The minimum atomic E-state index is 0.785. The van der Waals surface area contributed by atoms with E-state index in [2.05, 4.69) is 50.7 Å². The maximum atomic E-state index is 4.50. The van der Waals surface area contributed by atoms with Gasteiger partial charge in [-0.1, -0.05) is 6.07 Å². The van der Waals surface area contributed by atoms with Crippen LogP contribution in [-0.2, 0) is 6.54 Å². The Balaban J connectivity index is 2.23. The van der Waals surface area contributed by atoms with Crippen LogP contribution in [0.1, 0.15) is 18.2 Å². The molecule has 0 aliphatic rings. The zero-order valence-corrected chi connectivity index (χ0v) is 12.2. The monoisotopic (exact) mass is 305 g/mol. The maximum absolute atomic E-state index is 4.50. The Hall–Kier alpha value is -1.42. The van der Waals surface area contributed by atoms with Gasteiger partial charge in [-0.25, -0.2) is 4.98 Å². The molecule has 0 atom stereocenters. The second-order valence-corrected chi connectivity index (χ2v) is 5.04. The quantitative estimate of drug-likeness (QED) is 0.864. The summed E-state index contributed by atoms with van der Waals surface area (Å²) >= 11 is 3.44. The molecule has 0 saturated heterocycles. The molecule has 0 unspecified atom stereocenters. The third-order valence-electron chi connectivity index (χ3n) is 2.78. The summed E-state index contributed by atoms with van der Waals surface area (Å²) < 4.78 is 1.01. The third-order valence-corrected chi connectivity index (χ3v) is 3.21. The van der Waals surface area contributed by atoms with Gasteiger partial charge in [-0.2, -0.15) is 0 Å². The molecule has 0 aliphatic carbocycles. The summed E-state index contributed by atoms with van der Waals surface area (Å²) in [6.45, 7) is 5.90. The van der Waals surface area contributed by atoms with Gasteiger partial charge in [-0.05, 0) is 53.5 Å². The molecule has 3 nitrogen and oxygen atoms in total. The van der Waals surface area contributed by atoms with Crippen LogP contribution >= 0.6 is 15.9 Å². The fourth-order valence-corrected chi connectivity index (χ4v) is 2.33. The summed E-state index contributed by atoms with van der Waals surface area (Å²) in [5, 5.41) is 0. The number of anilines is 1. The van der Waals surface area contributed by atoms with Gasteiger partial charge in [0.15, 0.2) is 0 Å². The summed E-state index contributed by atoms with van der Waals surface area (Å²) in [5.74, 6) is 1.02. The van der Waals surface area contributed by atoms with Gasteiger partial charge in [0, 0.05) is 23.4 Å². The van der Waals surface area contributed by atoms with Gasteiger partial charge in [0.1, 0.15) is 5.82 Å². The summed E-state index contributed by atoms with van der Waals surface area (Å²) in [6.07, 6.45) is 3.66. The second-order valence-electron chi connectivity index (χ2n) is 4.13. The summed E-state index contributed by atoms with van der Waals surface area (Å²) in [7, 11) is 0. The first-order valence-electron chi connectivity index (χ1n) is 5.97. The highest BCUT2D eigenvalue weighted by molar-refractivity contribution is 9.10. The Morgan fingerprint density at radius 1 is 1.28 bits per heavy atom. The van der Waals surface area contributed by atoms with Crippen LogP contribution in [0.3, 0.4) is 0 Å². The van der Waals surface area contributed by atoms with E-state index in [-0.39, 0.29) is 0 Å². The van der Waals surface area contributed by atoms with Crippen LogP contribution in [0.4, 0.5) is 5.82 Å². The molecule has 0 bridgehead atoms. The second kappa shape index (κ2) is 5.96. The molecule has 2 rings (SSSR count). The van der Waals surface area contributed by atoms with Crippen LogP contribution in [0.5, 0.6) is 0 Å². The largest absolute Gasteiger partial charge is 0.351 e. The first-order valence-corrected chi connectivity index (χ1v) is 6.77. The molecule has 0 spiro atoms. The zero-order chi connectivity index (χ0) is 13.0. The number of pyridine rings is 2. The van der Waals surface area contributed by atoms with Crippen molar-refractivity contribution >= 4 is 21.7 Å². The van der Waals surface area contributed by atoms with Crippen molar-refractivity contribution in [2.45, 2.75) is 20.4 Å². The maximum Gasteiger partial charge on any atom is 0.131 e. The lowest BCUT2D eigenvalue weighted by molar-refractivity contribution is 0.789. The normalized spacial score (nSPS) is 10.4. The highest BCUT2D eigenvalue weighted by atomic mass is 79.9. The molecule has 0 saturated carbocycles. The molecule has 0 aliphatic heterocycles. The zero-order valence-electron chi connectivity index (χ0n) is 10.6. The lowest BCUT2D eigenvalue weighted by Gasteiger charge is -2.23. The first kappa shape index (κ1) is 13.0. The lowest BCUT2D eigenvalue weighted by atomic mass is 10.2. The highest BCUT2D eigenvalue weighted by Gasteiger charge is 2.10. The minimum Gasteiger partial charge on any atom is -0.351 e. The van der Waals surface area contributed by atoms with Crippen LogP contribution in [0.25, 0.3) is 0 Å². The van der Waals surface area contributed by atoms with Gasteiger partial charge in [0.25, 0.3) is 0 Å². The van der Waals surface area contributed by atoms with Crippen molar-refractivity contribution < 1.29 is 0 Å². The molecule has 0 fully saturated rings. The SMILES string of the molecule is CCN(Cc1ccccn1)c1ncc(Br)cc1C. The highest BCUT2D eigenvalue weighted by Crippen LogP contribution is 2.21. The average Bonchev–Trinajstić information content (AvgIpc) is 2.38. The van der Waals surface area contributed by atoms with Gasteiger partial charge in [-0.15, -0.1) is 0 Å². The van der Waals surface area contributed by atoms with Crippen molar-refractivity contribution in [3.8, 4) is 0 Å². The van der Waals surface area contributed by atoms with E-state index in [1.165, 1.54) is 5.56 Å². The number of hydrogen-bond donors (Lipinski definition) is 0. The summed E-state index contributed by atoms with van der Waals surface area (Å²) in [4.78, 5) is 11.1. The molecule has 94 valence electrons. The van der Waals surface area contributed by atoms with Gasteiger partial charge in [-0.3, -0.25) is 4.98 Å². The molecule has 2 heterocycles. The fourth-order valence-electron chi connectivity index (χ4n) is 1.89. The number of nitrogens with zero attached hydrogens (tertiary/aromatic N) is 3. The molecular weight excluding hydrogens is 290 g/mol. The van der Waals surface area contributed by atoms with E-state index in [0.29, 0.717) is 0 Å². The first-order chi connectivity index (χ1) is 8.70. The number of rotatable bonds is 4. The van der Waals surface area contributed by atoms with E-state index in [1.54, 1.807) is 0 Å². The predicted octanol–water partition coefficient (Wildman–Crippen LogP) is 3.57. The Labute approximate surface area is 116 Å². The topological polar surface area (TPSA) is 29.0 Å². The molecule has 0 radical (unpaired) electrons. The van der Waals surface area contributed by atoms with Gasteiger partial charge in [0.05, 0.1) is 12.2 Å². The standard InChI is InChI=1S/C14H16BrN3/c1-3-18(10-13-6-4-5-7-16-13)14-11(2)8-12(15)9-17-14/h4-9H,3,10H2,1-2H3. The smallest absolute Gasteiger partial charge is 0.131 e. The molecule has 2 aromatic rings. The Kier molecular flexibility index (Phi) is 4.31. The van der Waals surface area contributed by atoms with Crippen LogP contribution in [-0.4, -0.2) is 16.5 Å². The number of halogens is 1. The van der Waals surface area contributed by atoms with Crippen molar-refractivity contribution in [2.75, 3.05) is 11.4 Å². The van der Waals surface area contributed by atoms with Crippen LogP contribution in [0.15, 0.2) is 41.1 Å². The van der Waals surface area contributed by atoms with Crippen molar-refractivity contribution in [3.05, 3.63) is 52.4 Å². The van der Waals surface area contributed by atoms with Crippen LogP contribution in [0.2, 0.25) is 0 Å². The molecule has 0 amide bonds. The van der Waals surface area contributed by atoms with E-state index < -0.39 is 0 Å². The van der Waals surface area contributed by atoms with Crippen molar-refractivity contribution in [3.63, 3.8) is 0 Å². The molecule has 4 heteroatoms. The van der Waals surface area contributed by atoms with E-state index in [9.17, 15) is 0 Å². The predicted molar refractivity (Wildman–Crippen MR) is 77.6 cm³/mol. The molecule has 0 N–H and O–H groups in total. The van der Waals surface area contributed by atoms with Crippen molar-refractivity contribution in [1.82, 2.24) is 9.97 Å². The molecular formula is C14H16BrN3. The van der Waals surface area contributed by atoms with E-state index >= 15 is 0 Å². The molecule has 2 aromatic heterocycles. The lowest BCUT2D eigenvalue weighted by Crippen LogP contribution is -2.24. The average molecular weight is 306 g/mol. The fraction of sp³-hybridized carbons (Fsp3) is 0.286. The van der Waals surface area contributed by atoms with Gasteiger partial charge >= 0.3 is 0 Å². The number of aryl methyl sites for hydroxylation is 1. The summed E-state index contributed by atoms with van der Waals surface area (Å²) in [5.41, 5.74) is 2.23. The van der Waals surface area contributed by atoms with Crippen LogP contribution in [0, 0.1) is 6.92 Å². The minimum absolute atomic E-state index is 0.785. The summed E-state index contributed by atoms with van der Waals surface area (Å²) in [6, 6.07) is 8.07.